The summed E-state index contributed by atoms with van der Waals surface area (Å²) in [7, 11) is -3.75. The molecule has 7 atom stereocenters. The first-order valence-corrected chi connectivity index (χ1v) is 16.5. The van der Waals surface area contributed by atoms with Gasteiger partial charge in [0.05, 0.1) is 16.7 Å². The Bertz CT molecular complexity index is 1420. The molecule has 0 unspecified atom stereocenters. The van der Waals surface area contributed by atoms with E-state index < -0.39 is 10.0 Å². The number of fused-ring (bicyclic) bond motifs is 5. The Hall–Kier alpha value is -2.45. The summed E-state index contributed by atoms with van der Waals surface area (Å²) in [6.07, 6.45) is 13.7. The number of benzene rings is 1. The van der Waals surface area contributed by atoms with Gasteiger partial charge in [-0.3, -0.25) is 9.71 Å². The minimum absolute atomic E-state index is 0.0372. The number of aliphatic hydroxyl groups excluding tert-OH is 1. The average molecular weight is 566 g/mol. The number of aromatic nitrogens is 1. The fraction of sp³-hybridized carbons (Fsp3) is 0.625. The monoisotopic (exact) mass is 565 g/mol. The van der Waals surface area contributed by atoms with Crippen LogP contribution in [0.5, 0.6) is 0 Å². The summed E-state index contributed by atoms with van der Waals surface area (Å²) in [6.45, 7) is 9.56. The number of hydrogen-bond acceptors (Lipinski definition) is 6. The molecule has 8 heteroatoms. The molecule has 0 radical (unpaired) electrons. The van der Waals surface area contributed by atoms with Gasteiger partial charge in [-0.25, -0.2) is 8.42 Å². The first kappa shape index (κ1) is 27.7. The van der Waals surface area contributed by atoms with E-state index in [0.717, 1.165) is 44.2 Å². The second-order valence-electron chi connectivity index (χ2n) is 13.3. The third-order valence-electron chi connectivity index (χ3n) is 11.9. The van der Waals surface area contributed by atoms with Crippen molar-refractivity contribution in [1.29, 1.82) is 0 Å². The van der Waals surface area contributed by atoms with Crippen LogP contribution in [0.4, 0.5) is 11.5 Å². The van der Waals surface area contributed by atoms with Gasteiger partial charge in [0.25, 0.3) is 10.0 Å². The van der Waals surface area contributed by atoms with Crippen LogP contribution in [0, 0.1) is 34.0 Å². The summed E-state index contributed by atoms with van der Waals surface area (Å²) in [6, 6.07) is 8.26. The molecular weight excluding hydrogens is 522 g/mol. The highest BCUT2D eigenvalue weighted by Crippen LogP contribution is 2.70. The normalized spacial score (nSPS) is 37.7. The number of anilines is 1. The van der Waals surface area contributed by atoms with Crippen LogP contribution in [0.2, 0.25) is 0 Å². The molecular formula is C32H43N3O4S. The molecule has 0 spiro atoms. The molecule has 4 aliphatic rings. The van der Waals surface area contributed by atoms with Crippen molar-refractivity contribution < 1.29 is 18.0 Å². The number of sulfonamides is 1. The highest BCUT2D eigenvalue weighted by molar-refractivity contribution is 7.92. The maximum atomic E-state index is 12.7. The lowest BCUT2D eigenvalue weighted by atomic mass is 9.45. The second kappa shape index (κ2) is 9.83. The SMILES string of the molecule is CC[C@@]1(C(C)=Nc2ccc(S(=O)(=O)Nc3ccon3)cc2)CC[C@H]2[C@@H]3CC=C4C[C@@H](O)CC[C@]4(C)[C@H]3CC[C@@]21C. The van der Waals surface area contributed by atoms with E-state index in [9.17, 15) is 13.5 Å². The predicted molar refractivity (Wildman–Crippen MR) is 157 cm³/mol. The van der Waals surface area contributed by atoms with Crippen LogP contribution in [-0.4, -0.2) is 30.5 Å². The largest absolute Gasteiger partial charge is 0.393 e. The lowest BCUT2D eigenvalue weighted by Crippen LogP contribution is -2.53. The Morgan fingerprint density at radius 3 is 2.55 bits per heavy atom. The first-order valence-electron chi connectivity index (χ1n) is 15.0. The Morgan fingerprint density at radius 2 is 1.85 bits per heavy atom. The molecule has 1 aromatic carbocycles. The molecule has 6 rings (SSSR count). The fourth-order valence-electron chi connectivity index (χ4n) is 9.67. The molecule has 0 aliphatic heterocycles. The average Bonchev–Trinajstić information content (AvgIpc) is 3.54. The molecule has 2 aromatic rings. The van der Waals surface area contributed by atoms with E-state index in [4.69, 9.17) is 9.52 Å². The Balaban J connectivity index is 1.25. The van der Waals surface area contributed by atoms with Gasteiger partial charge in [0.2, 0.25) is 0 Å². The summed E-state index contributed by atoms with van der Waals surface area (Å²) in [5.74, 6) is 2.24. The number of rotatable bonds is 6. The smallest absolute Gasteiger partial charge is 0.263 e. The van der Waals surface area contributed by atoms with Gasteiger partial charge in [0.15, 0.2) is 5.82 Å². The van der Waals surface area contributed by atoms with Crippen LogP contribution in [0.15, 0.2) is 62.7 Å². The molecule has 0 saturated heterocycles. The topological polar surface area (TPSA) is 105 Å². The molecule has 40 heavy (non-hydrogen) atoms. The molecule has 0 amide bonds. The van der Waals surface area contributed by atoms with Crippen LogP contribution in [0.3, 0.4) is 0 Å². The lowest BCUT2D eigenvalue weighted by molar-refractivity contribution is -0.0612. The van der Waals surface area contributed by atoms with E-state index in [-0.39, 0.29) is 33.1 Å². The van der Waals surface area contributed by atoms with Gasteiger partial charge in [-0.15, -0.1) is 0 Å². The van der Waals surface area contributed by atoms with Gasteiger partial charge < -0.3 is 9.63 Å². The molecule has 1 heterocycles. The number of aliphatic imine (C=N–C) groups is 1. The molecule has 3 fully saturated rings. The van der Waals surface area contributed by atoms with Gasteiger partial charge in [0, 0.05) is 17.2 Å². The molecule has 2 N–H and O–H groups in total. The van der Waals surface area contributed by atoms with Crippen molar-refractivity contribution in [1.82, 2.24) is 5.16 Å². The van der Waals surface area contributed by atoms with Gasteiger partial charge in [-0.05, 0) is 118 Å². The molecule has 4 aliphatic carbocycles. The zero-order valence-corrected chi connectivity index (χ0v) is 25.0. The van der Waals surface area contributed by atoms with Crippen molar-refractivity contribution in [2.75, 3.05) is 4.72 Å². The number of nitrogens with zero attached hydrogens (tertiary/aromatic N) is 2. The maximum Gasteiger partial charge on any atom is 0.263 e. The van der Waals surface area contributed by atoms with Crippen LogP contribution in [-0.2, 0) is 10.0 Å². The molecule has 216 valence electrons. The minimum Gasteiger partial charge on any atom is -0.393 e. The number of allylic oxidation sites excluding steroid dienone is 1. The lowest BCUT2D eigenvalue weighted by Gasteiger charge is -2.60. The molecule has 3 saturated carbocycles. The summed E-state index contributed by atoms with van der Waals surface area (Å²) in [5, 5.41) is 14.0. The Labute approximate surface area is 238 Å². The fourth-order valence-corrected chi connectivity index (χ4v) is 10.7. The van der Waals surface area contributed by atoms with Gasteiger partial charge in [0.1, 0.15) is 6.26 Å². The van der Waals surface area contributed by atoms with Crippen LogP contribution < -0.4 is 4.72 Å². The molecule has 0 bridgehead atoms. The Morgan fingerprint density at radius 1 is 1.10 bits per heavy atom. The van der Waals surface area contributed by atoms with Crippen LogP contribution in [0.25, 0.3) is 0 Å². The first-order chi connectivity index (χ1) is 19.0. The second-order valence-corrected chi connectivity index (χ2v) is 15.0. The highest BCUT2D eigenvalue weighted by atomic mass is 32.2. The summed E-state index contributed by atoms with van der Waals surface area (Å²) >= 11 is 0. The van der Waals surface area contributed by atoms with E-state index in [0.29, 0.717) is 17.8 Å². The van der Waals surface area contributed by atoms with E-state index >= 15 is 0 Å². The third kappa shape index (κ3) is 4.20. The van der Waals surface area contributed by atoms with Crippen molar-refractivity contribution >= 4 is 27.2 Å². The number of nitrogens with one attached hydrogen (secondary N) is 1. The predicted octanol–water partition coefficient (Wildman–Crippen LogP) is 7.29. The standard InChI is InChI=1S/C32H43N3O4S/c1-5-32(21(2)33-23-7-9-25(10-8-23)40(37,38)35-29-15-19-39-34-29)18-14-28-26-11-6-22-20-24(36)12-16-30(22,3)27(26)13-17-31(28,32)4/h6-10,15,19,24,26-28,36H,5,11-14,16-18,20H2,1-4H3,(H,34,35)/t24-,26+,27-,28-,30-,31-,32-/m0/s1. The van der Waals surface area contributed by atoms with Crippen molar-refractivity contribution in [3.8, 4) is 0 Å². The van der Waals surface area contributed by atoms with Crippen molar-refractivity contribution in [3.05, 3.63) is 48.2 Å². The summed E-state index contributed by atoms with van der Waals surface area (Å²) in [4.78, 5) is 5.31. The van der Waals surface area contributed by atoms with Gasteiger partial charge in [-0.2, -0.15) is 0 Å². The van der Waals surface area contributed by atoms with E-state index in [1.807, 2.05) is 0 Å². The van der Waals surface area contributed by atoms with E-state index in [1.54, 1.807) is 24.3 Å². The zero-order valence-electron chi connectivity index (χ0n) is 24.2. The van der Waals surface area contributed by atoms with Crippen LogP contribution >= 0.6 is 0 Å². The van der Waals surface area contributed by atoms with Gasteiger partial charge >= 0.3 is 0 Å². The quantitative estimate of drug-likeness (QED) is 0.283. The number of hydrogen-bond donors (Lipinski definition) is 2. The summed E-state index contributed by atoms with van der Waals surface area (Å²) in [5.41, 5.74) is 3.95. The zero-order chi connectivity index (χ0) is 28.3. The molecule has 1 aromatic heterocycles. The third-order valence-corrected chi connectivity index (χ3v) is 13.2. The van der Waals surface area contributed by atoms with Crippen molar-refractivity contribution in [2.24, 2.45) is 39.0 Å². The van der Waals surface area contributed by atoms with Crippen LogP contribution in [0.1, 0.15) is 85.5 Å². The van der Waals surface area contributed by atoms with Crippen molar-refractivity contribution in [2.45, 2.75) is 96.5 Å². The number of aliphatic hydroxyl groups is 1. The van der Waals surface area contributed by atoms with Crippen molar-refractivity contribution in [3.63, 3.8) is 0 Å². The van der Waals surface area contributed by atoms with E-state index in [2.05, 4.69) is 43.6 Å². The minimum atomic E-state index is -3.75. The molecule has 7 nitrogen and oxygen atoms in total. The highest BCUT2D eigenvalue weighted by Gasteiger charge is 2.64. The maximum absolute atomic E-state index is 12.7. The summed E-state index contributed by atoms with van der Waals surface area (Å²) < 4.78 is 32.6. The Kier molecular flexibility index (Phi) is 6.81. The van der Waals surface area contributed by atoms with Gasteiger partial charge in [-0.1, -0.05) is 37.6 Å². The van der Waals surface area contributed by atoms with E-state index in [1.165, 1.54) is 42.9 Å².